The number of benzene rings is 2. The first-order valence-electron chi connectivity index (χ1n) is 10.5. The van der Waals surface area contributed by atoms with Crippen LogP contribution in [0.2, 0.25) is 5.02 Å². The molecule has 1 aromatic heterocycles. The van der Waals surface area contributed by atoms with Crippen molar-refractivity contribution in [1.29, 1.82) is 5.26 Å². The number of hydrogen-bond donors (Lipinski definition) is 1. The molecule has 0 unspecified atom stereocenters. The fraction of sp³-hybridized carbons (Fsp3) is 0.292. The molecule has 0 fully saturated rings. The van der Waals surface area contributed by atoms with Gasteiger partial charge in [0.25, 0.3) is 0 Å². The standard InChI is InChI=1S/C24H24Cl2N4O4S/c1-24(2,18-10-16(12-27)23(21(26)11-18)33-9-8-25)17-4-6-20(7-5-17)34-15-19-13-28-14-22(29-19)30-35(3,31)32/h4-7,10-11,13-14H,8-9,15H2,1-3H3,(H,29,30). The minimum absolute atomic E-state index is 0.111. The van der Waals surface area contributed by atoms with Crippen molar-refractivity contribution in [1.82, 2.24) is 9.97 Å². The number of halogens is 2. The first-order valence-corrected chi connectivity index (χ1v) is 13.3. The highest BCUT2D eigenvalue weighted by Crippen LogP contribution is 2.38. The van der Waals surface area contributed by atoms with Crippen molar-refractivity contribution >= 4 is 39.0 Å². The SMILES string of the molecule is CC(C)(c1ccc(OCc2cncc(NS(C)(=O)=O)n2)cc1)c1cc(Cl)c(OCCCl)c(C#N)c1. The number of ether oxygens (including phenoxy) is 2. The van der Waals surface area contributed by atoms with E-state index in [1.807, 2.05) is 38.1 Å². The summed E-state index contributed by atoms with van der Waals surface area (Å²) in [5.41, 5.74) is 2.20. The van der Waals surface area contributed by atoms with Crippen molar-refractivity contribution in [2.45, 2.75) is 25.9 Å². The maximum atomic E-state index is 11.4. The predicted molar refractivity (Wildman–Crippen MR) is 136 cm³/mol. The summed E-state index contributed by atoms with van der Waals surface area (Å²) in [5.74, 6) is 1.35. The largest absolute Gasteiger partial charge is 0.489 e. The maximum Gasteiger partial charge on any atom is 0.231 e. The summed E-state index contributed by atoms with van der Waals surface area (Å²) in [4.78, 5) is 8.17. The Kier molecular flexibility index (Phi) is 8.43. The van der Waals surface area contributed by atoms with Gasteiger partial charge in [0, 0.05) is 5.41 Å². The first kappa shape index (κ1) is 26.5. The van der Waals surface area contributed by atoms with Crippen LogP contribution in [0, 0.1) is 11.3 Å². The highest BCUT2D eigenvalue weighted by molar-refractivity contribution is 7.92. The Morgan fingerprint density at radius 2 is 1.83 bits per heavy atom. The van der Waals surface area contributed by atoms with E-state index in [1.165, 1.54) is 12.4 Å². The van der Waals surface area contributed by atoms with Crippen molar-refractivity contribution in [3.63, 3.8) is 0 Å². The molecule has 0 aliphatic heterocycles. The van der Waals surface area contributed by atoms with Gasteiger partial charge in [0.15, 0.2) is 11.6 Å². The van der Waals surface area contributed by atoms with E-state index in [0.29, 0.717) is 33.7 Å². The molecule has 0 radical (unpaired) electrons. The normalized spacial score (nSPS) is 11.5. The van der Waals surface area contributed by atoms with Gasteiger partial charge in [-0.2, -0.15) is 5.26 Å². The smallest absolute Gasteiger partial charge is 0.231 e. The molecule has 11 heteroatoms. The second kappa shape index (κ2) is 11.1. The fourth-order valence-electron chi connectivity index (χ4n) is 3.33. The number of aromatic nitrogens is 2. The number of hydrogen-bond acceptors (Lipinski definition) is 7. The van der Waals surface area contributed by atoms with E-state index in [-0.39, 0.29) is 19.0 Å². The molecule has 3 aromatic rings. The summed E-state index contributed by atoms with van der Waals surface area (Å²) in [7, 11) is -3.45. The van der Waals surface area contributed by atoms with E-state index in [2.05, 4.69) is 20.8 Å². The number of sulfonamides is 1. The van der Waals surface area contributed by atoms with Crippen molar-refractivity contribution in [2.75, 3.05) is 23.5 Å². The van der Waals surface area contributed by atoms with E-state index >= 15 is 0 Å². The molecule has 0 saturated heterocycles. The molecule has 3 rings (SSSR count). The second-order valence-corrected chi connectivity index (χ2v) is 10.7. The van der Waals surface area contributed by atoms with Crippen LogP contribution in [0.1, 0.15) is 36.2 Å². The molecular formula is C24H24Cl2N4O4S. The highest BCUT2D eigenvalue weighted by Gasteiger charge is 2.26. The van der Waals surface area contributed by atoms with Crippen LogP contribution in [-0.4, -0.2) is 37.1 Å². The fourth-order valence-corrected chi connectivity index (χ4v) is 4.16. The zero-order chi connectivity index (χ0) is 25.6. The lowest BCUT2D eigenvalue weighted by Crippen LogP contribution is -2.19. The molecule has 0 atom stereocenters. The zero-order valence-corrected chi connectivity index (χ0v) is 21.7. The number of nitrogens with one attached hydrogen (secondary N) is 1. The van der Waals surface area contributed by atoms with Crippen LogP contribution in [0.3, 0.4) is 0 Å². The van der Waals surface area contributed by atoms with Gasteiger partial charge in [0.05, 0.1) is 40.8 Å². The molecule has 0 aliphatic rings. The van der Waals surface area contributed by atoms with Gasteiger partial charge < -0.3 is 9.47 Å². The average Bonchev–Trinajstić information content (AvgIpc) is 2.81. The second-order valence-electron chi connectivity index (χ2n) is 8.19. The Hall–Kier alpha value is -3.06. The summed E-state index contributed by atoms with van der Waals surface area (Å²) >= 11 is 12.1. The number of nitrogens with zero attached hydrogens (tertiary/aromatic N) is 3. The molecule has 1 N–H and O–H groups in total. The highest BCUT2D eigenvalue weighted by atomic mass is 35.5. The molecule has 184 valence electrons. The van der Waals surface area contributed by atoms with Crippen LogP contribution in [0.25, 0.3) is 0 Å². The first-order chi connectivity index (χ1) is 16.5. The predicted octanol–water partition coefficient (Wildman–Crippen LogP) is 4.90. The van der Waals surface area contributed by atoms with Crippen molar-refractivity contribution in [2.24, 2.45) is 0 Å². The third-order valence-electron chi connectivity index (χ3n) is 5.15. The van der Waals surface area contributed by atoms with E-state index in [0.717, 1.165) is 17.4 Å². The van der Waals surface area contributed by atoms with Gasteiger partial charge in [-0.05, 0) is 35.4 Å². The van der Waals surface area contributed by atoms with Crippen molar-refractivity contribution in [3.05, 3.63) is 76.2 Å². The van der Waals surface area contributed by atoms with E-state index in [1.54, 1.807) is 12.1 Å². The monoisotopic (exact) mass is 534 g/mol. The van der Waals surface area contributed by atoms with Gasteiger partial charge >= 0.3 is 0 Å². The van der Waals surface area contributed by atoms with Gasteiger partial charge in [0.1, 0.15) is 25.0 Å². The Labute approximate surface area is 214 Å². The minimum Gasteiger partial charge on any atom is -0.489 e. The van der Waals surface area contributed by atoms with Crippen LogP contribution < -0.4 is 14.2 Å². The zero-order valence-electron chi connectivity index (χ0n) is 19.4. The van der Waals surface area contributed by atoms with Gasteiger partial charge in [-0.25, -0.2) is 13.4 Å². The topological polar surface area (TPSA) is 114 Å². The molecule has 8 nitrogen and oxygen atoms in total. The number of rotatable bonds is 10. The third kappa shape index (κ3) is 6.98. The van der Waals surface area contributed by atoms with Gasteiger partial charge in [-0.15, -0.1) is 11.6 Å². The summed E-state index contributed by atoms with van der Waals surface area (Å²) < 4.78 is 36.4. The van der Waals surface area contributed by atoms with Crippen LogP contribution in [0.15, 0.2) is 48.8 Å². The Morgan fingerprint density at radius 3 is 2.46 bits per heavy atom. The Morgan fingerprint density at radius 1 is 1.11 bits per heavy atom. The van der Waals surface area contributed by atoms with Crippen LogP contribution in [0.5, 0.6) is 11.5 Å². The Bertz CT molecular complexity index is 1340. The lowest BCUT2D eigenvalue weighted by molar-refractivity contribution is 0.301. The molecule has 0 bridgehead atoms. The van der Waals surface area contributed by atoms with E-state index in [9.17, 15) is 13.7 Å². The molecule has 0 spiro atoms. The van der Waals surface area contributed by atoms with Gasteiger partial charge in [-0.1, -0.05) is 37.6 Å². The van der Waals surface area contributed by atoms with Crippen LogP contribution >= 0.6 is 23.2 Å². The number of anilines is 1. The molecule has 2 aromatic carbocycles. The number of alkyl halides is 1. The quantitative estimate of drug-likeness (QED) is 0.368. The minimum atomic E-state index is -3.45. The third-order valence-corrected chi connectivity index (χ3v) is 6.16. The number of nitriles is 1. The average molecular weight is 535 g/mol. The maximum absolute atomic E-state index is 11.4. The summed E-state index contributed by atoms with van der Waals surface area (Å²) in [5, 5.41) is 9.94. The van der Waals surface area contributed by atoms with Gasteiger partial charge in [-0.3, -0.25) is 9.71 Å². The van der Waals surface area contributed by atoms with Crippen molar-refractivity contribution < 1.29 is 17.9 Å². The molecular weight excluding hydrogens is 511 g/mol. The molecule has 35 heavy (non-hydrogen) atoms. The lowest BCUT2D eigenvalue weighted by atomic mass is 9.77. The summed E-state index contributed by atoms with van der Waals surface area (Å²) in [6, 6.07) is 13.2. The molecule has 0 saturated carbocycles. The lowest BCUT2D eigenvalue weighted by Gasteiger charge is -2.27. The molecule has 0 amide bonds. The Balaban J connectivity index is 1.75. The molecule has 1 heterocycles. The van der Waals surface area contributed by atoms with Crippen LogP contribution in [-0.2, 0) is 22.0 Å². The van der Waals surface area contributed by atoms with Crippen molar-refractivity contribution in [3.8, 4) is 17.6 Å². The molecule has 0 aliphatic carbocycles. The van der Waals surface area contributed by atoms with Crippen LogP contribution in [0.4, 0.5) is 5.82 Å². The van der Waals surface area contributed by atoms with E-state index < -0.39 is 15.4 Å². The van der Waals surface area contributed by atoms with E-state index in [4.69, 9.17) is 32.7 Å². The summed E-state index contributed by atoms with van der Waals surface area (Å²) in [6.07, 6.45) is 3.86. The van der Waals surface area contributed by atoms with Gasteiger partial charge in [0.2, 0.25) is 10.0 Å². The summed E-state index contributed by atoms with van der Waals surface area (Å²) in [6.45, 7) is 4.43.